The van der Waals surface area contributed by atoms with Gasteiger partial charge in [0.05, 0.1) is 6.04 Å². The number of benzene rings is 1. The van der Waals surface area contributed by atoms with Gasteiger partial charge < -0.3 is 15.5 Å². The Morgan fingerprint density at radius 1 is 1.20 bits per heavy atom. The summed E-state index contributed by atoms with van der Waals surface area (Å²) in [6.07, 6.45) is 4.10. The largest absolute Gasteiger partial charge is 0.355 e. The number of carbonyl (C=O) groups is 2. The molecule has 0 saturated heterocycles. The lowest BCUT2D eigenvalue weighted by atomic mass is 10.1. The molecule has 2 rings (SSSR count). The molecule has 1 aromatic heterocycles. The van der Waals surface area contributed by atoms with Gasteiger partial charge >= 0.3 is 6.03 Å². The van der Waals surface area contributed by atoms with Crippen LogP contribution < -0.4 is 10.6 Å². The van der Waals surface area contributed by atoms with Gasteiger partial charge in [-0.25, -0.2) is 4.79 Å². The van der Waals surface area contributed by atoms with Crippen molar-refractivity contribution >= 4 is 11.9 Å². The first kappa shape index (κ1) is 18.4. The van der Waals surface area contributed by atoms with Crippen LogP contribution in [-0.4, -0.2) is 42.5 Å². The molecule has 1 unspecified atom stereocenters. The van der Waals surface area contributed by atoms with Crippen molar-refractivity contribution in [3.8, 4) is 0 Å². The molecule has 132 valence electrons. The number of hydrogen-bond acceptors (Lipinski definition) is 3. The molecular weight excluding hydrogens is 316 g/mol. The average molecular weight is 340 g/mol. The van der Waals surface area contributed by atoms with Gasteiger partial charge in [0.25, 0.3) is 5.91 Å². The number of nitrogens with one attached hydrogen (secondary N) is 2. The van der Waals surface area contributed by atoms with E-state index >= 15 is 0 Å². The molecule has 1 heterocycles. The molecule has 0 aliphatic heterocycles. The van der Waals surface area contributed by atoms with Crippen LogP contribution in [0.3, 0.4) is 0 Å². The van der Waals surface area contributed by atoms with Gasteiger partial charge in [-0.3, -0.25) is 9.78 Å². The highest BCUT2D eigenvalue weighted by molar-refractivity contribution is 5.94. The van der Waals surface area contributed by atoms with Crippen molar-refractivity contribution < 1.29 is 9.59 Å². The van der Waals surface area contributed by atoms with Gasteiger partial charge in [-0.1, -0.05) is 12.1 Å². The third kappa shape index (κ3) is 5.04. The lowest BCUT2D eigenvalue weighted by Crippen LogP contribution is -2.39. The van der Waals surface area contributed by atoms with Crippen molar-refractivity contribution in [2.24, 2.45) is 0 Å². The summed E-state index contributed by atoms with van der Waals surface area (Å²) in [5.41, 5.74) is 2.66. The monoisotopic (exact) mass is 340 g/mol. The van der Waals surface area contributed by atoms with Gasteiger partial charge in [0.1, 0.15) is 0 Å². The normalized spacial score (nSPS) is 11.5. The summed E-state index contributed by atoms with van der Waals surface area (Å²) < 4.78 is 0. The number of rotatable bonds is 6. The second kappa shape index (κ2) is 8.82. The SMILES string of the molecule is CNC(=O)c1cccc(CCNC(=O)N(C)C(C)c2ccncc2)c1. The lowest BCUT2D eigenvalue weighted by molar-refractivity contribution is 0.0963. The first-order valence-electron chi connectivity index (χ1n) is 8.24. The number of pyridine rings is 1. The molecule has 0 aliphatic rings. The predicted octanol–water partition coefficient (Wildman–Crippen LogP) is 2.39. The molecule has 2 aromatic rings. The molecule has 6 nitrogen and oxygen atoms in total. The van der Waals surface area contributed by atoms with Crippen LogP contribution in [0, 0.1) is 0 Å². The molecular formula is C19H24N4O2. The summed E-state index contributed by atoms with van der Waals surface area (Å²) in [5.74, 6) is -0.114. The van der Waals surface area contributed by atoms with Gasteiger partial charge in [0.15, 0.2) is 0 Å². The first-order valence-corrected chi connectivity index (χ1v) is 8.24. The van der Waals surface area contributed by atoms with E-state index in [0.29, 0.717) is 18.5 Å². The molecule has 0 bridgehead atoms. The smallest absolute Gasteiger partial charge is 0.317 e. The summed E-state index contributed by atoms with van der Waals surface area (Å²) in [7, 11) is 3.38. The minimum atomic E-state index is -0.133. The molecule has 2 N–H and O–H groups in total. The summed E-state index contributed by atoms with van der Waals surface area (Å²) in [5, 5.41) is 5.52. The molecule has 1 aromatic carbocycles. The second-order valence-corrected chi connectivity index (χ2v) is 5.83. The third-order valence-electron chi connectivity index (χ3n) is 4.20. The first-order chi connectivity index (χ1) is 12.0. The lowest BCUT2D eigenvalue weighted by Gasteiger charge is -2.25. The Morgan fingerprint density at radius 3 is 2.60 bits per heavy atom. The number of amides is 3. The van der Waals surface area contributed by atoms with Crippen molar-refractivity contribution in [1.29, 1.82) is 0 Å². The molecule has 0 spiro atoms. The highest BCUT2D eigenvalue weighted by Gasteiger charge is 2.16. The van der Waals surface area contributed by atoms with Crippen molar-refractivity contribution in [3.63, 3.8) is 0 Å². The van der Waals surface area contributed by atoms with Crippen molar-refractivity contribution in [1.82, 2.24) is 20.5 Å². The fraction of sp³-hybridized carbons (Fsp3) is 0.316. The highest BCUT2D eigenvalue weighted by atomic mass is 16.2. The van der Waals surface area contributed by atoms with E-state index in [-0.39, 0.29) is 18.0 Å². The second-order valence-electron chi connectivity index (χ2n) is 5.83. The van der Waals surface area contributed by atoms with Gasteiger partial charge in [-0.05, 0) is 48.7 Å². The molecule has 3 amide bonds. The number of nitrogens with zero attached hydrogens (tertiary/aromatic N) is 2. The zero-order valence-corrected chi connectivity index (χ0v) is 14.8. The molecule has 6 heteroatoms. The Balaban J connectivity index is 1.87. The third-order valence-corrected chi connectivity index (χ3v) is 4.20. The van der Waals surface area contributed by atoms with E-state index in [1.165, 1.54) is 0 Å². The molecule has 1 atom stereocenters. The zero-order valence-electron chi connectivity index (χ0n) is 14.8. The fourth-order valence-electron chi connectivity index (χ4n) is 2.49. The number of urea groups is 1. The fourth-order valence-corrected chi connectivity index (χ4v) is 2.49. The average Bonchev–Trinajstić information content (AvgIpc) is 2.67. The van der Waals surface area contributed by atoms with Crippen LogP contribution in [0.2, 0.25) is 0 Å². The predicted molar refractivity (Wildman–Crippen MR) is 97.3 cm³/mol. The van der Waals surface area contributed by atoms with Gasteiger partial charge in [-0.2, -0.15) is 0 Å². The van der Waals surface area contributed by atoms with E-state index in [4.69, 9.17) is 0 Å². The summed E-state index contributed by atoms with van der Waals surface area (Å²) >= 11 is 0. The quantitative estimate of drug-likeness (QED) is 0.848. The Labute approximate surface area is 148 Å². The highest BCUT2D eigenvalue weighted by Crippen LogP contribution is 2.17. The maximum Gasteiger partial charge on any atom is 0.317 e. The Kier molecular flexibility index (Phi) is 6.51. The van der Waals surface area contributed by atoms with E-state index in [2.05, 4.69) is 15.6 Å². The maximum absolute atomic E-state index is 12.3. The van der Waals surface area contributed by atoms with Gasteiger partial charge in [0, 0.05) is 38.6 Å². The van der Waals surface area contributed by atoms with E-state index in [1.54, 1.807) is 37.5 Å². The molecule has 0 fully saturated rings. The van der Waals surface area contributed by atoms with Crippen LogP contribution in [0.1, 0.15) is 34.5 Å². The molecule has 25 heavy (non-hydrogen) atoms. The summed E-state index contributed by atoms with van der Waals surface area (Å²) in [6.45, 7) is 2.48. The Morgan fingerprint density at radius 2 is 1.92 bits per heavy atom. The van der Waals surface area contributed by atoms with Crippen LogP contribution >= 0.6 is 0 Å². The minimum Gasteiger partial charge on any atom is -0.355 e. The van der Waals surface area contributed by atoms with Crippen LogP contribution in [0.25, 0.3) is 0 Å². The minimum absolute atomic E-state index is 0.0421. The van der Waals surface area contributed by atoms with Gasteiger partial charge in [-0.15, -0.1) is 0 Å². The number of carbonyl (C=O) groups excluding carboxylic acids is 2. The van der Waals surface area contributed by atoms with Crippen LogP contribution in [0.15, 0.2) is 48.8 Å². The Bertz CT molecular complexity index is 718. The number of aromatic nitrogens is 1. The molecule has 0 saturated carbocycles. The van der Waals surface area contributed by atoms with E-state index in [0.717, 1.165) is 11.1 Å². The van der Waals surface area contributed by atoms with E-state index < -0.39 is 0 Å². The topological polar surface area (TPSA) is 74.3 Å². The Hall–Kier alpha value is -2.89. The zero-order chi connectivity index (χ0) is 18.2. The standard InChI is InChI=1S/C19H24N4O2/c1-14(16-8-10-21-11-9-16)23(3)19(25)22-12-7-15-5-4-6-17(13-15)18(24)20-2/h4-6,8-11,13-14H,7,12H2,1-3H3,(H,20,24)(H,22,25). The van der Waals surface area contributed by atoms with Crippen molar-refractivity contribution in [2.45, 2.75) is 19.4 Å². The van der Waals surface area contributed by atoms with Crippen LogP contribution in [0.5, 0.6) is 0 Å². The van der Waals surface area contributed by atoms with Crippen LogP contribution in [0.4, 0.5) is 4.79 Å². The van der Waals surface area contributed by atoms with Crippen LogP contribution in [-0.2, 0) is 6.42 Å². The molecule has 0 radical (unpaired) electrons. The maximum atomic E-state index is 12.3. The van der Waals surface area contributed by atoms with Gasteiger partial charge in [0.2, 0.25) is 0 Å². The molecule has 0 aliphatic carbocycles. The summed E-state index contributed by atoms with van der Waals surface area (Å²) in [4.78, 5) is 29.6. The van der Waals surface area contributed by atoms with Crippen molar-refractivity contribution in [2.75, 3.05) is 20.6 Å². The van der Waals surface area contributed by atoms with E-state index in [1.807, 2.05) is 37.3 Å². The van der Waals surface area contributed by atoms with Crippen molar-refractivity contribution in [3.05, 3.63) is 65.5 Å². The summed E-state index contributed by atoms with van der Waals surface area (Å²) in [6, 6.07) is 11.0. The number of hydrogen-bond donors (Lipinski definition) is 2. The van der Waals surface area contributed by atoms with E-state index in [9.17, 15) is 9.59 Å².